The molecule has 0 saturated heterocycles. The van der Waals surface area contributed by atoms with E-state index < -0.39 is 0 Å². The van der Waals surface area contributed by atoms with Crippen LogP contribution in [0.4, 0.5) is 5.69 Å². The summed E-state index contributed by atoms with van der Waals surface area (Å²) in [5.41, 5.74) is 5.61. The Morgan fingerprint density at radius 2 is 1.71 bits per heavy atom. The zero-order valence-electron chi connectivity index (χ0n) is 14.4. The van der Waals surface area contributed by atoms with Gasteiger partial charge in [0.2, 0.25) is 0 Å². The van der Waals surface area contributed by atoms with Gasteiger partial charge < -0.3 is 10.1 Å². The van der Waals surface area contributed by atoms with Crippen LogP contribution in [0.1, 0.15) is 23.9 Å². The minimum Gasteiger partial charge on any atom is -0.494 e. The number of nitrogens with one attached hydrogen (secondary N) is 1. The van der Waals surface area contributed by atoms with Gasteiger partial charge in [-0.1, -0.05) is 18.2 Å². The van der Waals surface area contributed by atoms with Crippen molar-refractivity contribution >= 4 is 5.69 Å². The highest BCUT2D eigenvalue weighted by Gasteiger charge is 2.12. The lowest BCUT2D eigenvalue weighted by atomic mass is 10.2. The van der Waals surface area contributed by atoms with Gasteiger partial charge in [0.1, 0.15) is 5.75 Å². The van der Waals surface area contributed by atoms with Gasteiger partial charge in [-0.25, -0.2) is 4.68 Å². The minimum absolute atomic E-state index is 0.684. The summed E-state index contributed by atoms with van der Waals surface area (Å²) in [5.74, 6) is 0.896. The molecule has 0 spiro atoms. The number of benzene rings is 2. The Morgan fingerprint density at radius 3 is 2.38 bits per heavy atom. The van der Waals surface area contributed by atoms with Gasteiger partial charge in [0.05, 0.1) is 18.0 Å². The summed E-state index contributed by atoms with van der Waals surface area (Å²) in [5, 5.41) is 8.16. The smallest absolute Gasteiger partial charge is 0.119 e. The van der Waals surface area contributed by atoms with Gasteiger partial charge in [-0.3, -0.25) is 0 Å². The second-order valence-electron chi connectivity index (χ2n) is 5.71. The third-order valence-electron chi connectivity index (χ3n) is 4.08. The SMILES string of the molecule is CCOc1ccc(NCc2c(C)nn(-c3ccccc3)c2C)cc1. The number of aryl methyl sites for hydroxylation is 1. The van der Waals surface area contributed by atoms with E-state index in [2.05, 4.69) is 36.4 Å². The number of hydrogen-bond donors (Lipinski definition) is 1. The number of aromatic nitrogens is 2. The quantitative estimate of drug-likeness (QED) is 0.726. The molecule has 1 N–H and O–H groups in total. The largest absolute Gasteiger partial charge is 0.494 e. The van der Waals surface area contributed by atoms with Crippen molar-refractivity contribution in [2.75, 3.05) is 11.9 Å². The Labute approximate surface area is 143 Å². The summed E-state index contributed by atoms with van der Waals surface area (Å²) < 4.78 is 7.48. The van der Waals surface area contributed by atoms with Gasteiger partial charge in [-0.2, -0.15) is 5.10 Å². The fourth-order valence-corrected chi connectivity index (χ4v) is 2.78. The monoisotopic (exact) mass is 321 g/mol. The average Bonchev–Trinajstić information content (AvgIpc) is 2.90. The summed E-state index contributed by atoms with van der Waals surface area (Å²) in [4.78, 5) is 0. The number of rotatable bonds is 6. The molecule has 3 rings (SSSR count). The van der Waals surface area contributed by atoms with Crippen molar-refractivity contribution in [2.24, 2.45) is 0 Å². The standard InChI is InChI=1S/C20H23N3O/c1-4-24-19-12-10-17(11-13-19)21-14-20-15(2)22-23(16(20)3)18-8-6-5-7-9-18/h5-13,21H,4,14H2,1-3H3. The first-order chi connectivity index (χ1) is 11.7. The second-order valence-corrected chi connectivity index (χ2v) is 5.71. The van der Waals surface area contributed by atoms with Crippen LogP contribution in [0.2, 0.25) is 0 Å². The second kappa shape index (κ2) is 7.21. The lowest BCUT2D eigenvalue weighted by Gasteiger charge is -2.09. The predicted molar refractivity (Wildman–Crippen MR) is 98.0 cm³/mol. The Bertz CT molecular complexity index is 792. The van der Waals surface area contributed by atoms with Gasteiger partial charge in [0, 0.05) is 23.5 Å². The Hall–Kier alpha value is -2.75. The van der Waals surface area contributed by atoms with E-state index in [4.69, 9.17) is 4.74 Å². The molecule has 124 valence electrons. The first kappa shape index (κ1) is 16.1. The summed E-state index contributed by atoms with van der Waals surface area (Å²) in [6, 6.07) is 18.3. The van der Waals surface area contributed by atoms with Gasteiger partial charge in [-0.05, 0) is 57.2 Å². The zero-order valence-corrected chi connectivity index (χ0v) is 14.4. The highest BCUT2D eigenvalue weighted by atomic mass is 16.5. The molecule has 24 heavy (non-hydrogen) atoms. The molecule has 0 fully saturated rings. The van der Waals surface area contributed by atoms with Crippen molar-refractivity contribution in [3.05, 3.63) is 71.5 Å². The van der Waals surface area contributed by atoms with Crippen LogP contribution < -0.4 is 10.1 Å². The molecule has 0 saturated carbocycles. The number of para-hydroxylation sites is 1. The average molecular weight is 321 g/mol. The number of anilines is 1. The lowest BCUT2D eigenvalue weighted by Crippen LogP contribution is -2.03. The van der Waals surface area contributed by atoms with E-state index >= 15 is 0 Å². The van der Waals surface area contributed by atoms with Crippen molar-refractivity contribution < 1.29 is 4.74 Å². The maximum atomic E-state index is 5.47. The molecule has 3 aromatic rings. The maximum absolute atomic E-state index is 5.47. The molecule has 1 aromatic heterocycles. The molecule has 0 unspecified atom stereocenters. The van der Waals surface area contributed by atoms with E-state index in [1.165, 1.54) is 5.56 Å². The summed E-state index contributed by atoms with van der Waals surface area (Å²) in [6.45, 7) is 7.59. The van der Waals surface area contributed by atoms with Gasteiger partial charge in [0.25, 0.3) is 0 Å². The minimum atomic E-state index is 0.684. The Balaban J connectivity index is 1.75. The first-order valence-electron chi connectivity index (χ1n) is 8.26. The molecule has 4 nitrogen and oxygen atoms in total. The summed E-state index contributed by atoms with van der Waals surface area (Å²) in [6.07, 6.45) is 0. The van der Waals surface area contributed by atoms with Crippen molar-refractivity contribution in [1.82, 2.24) is 9.78 Å². The van der Waals surface area contributed by atoms with Crippen LogP contribution in [-0.4, -0.2) is 16.4 Å². The van der Waals surface area contributed by atoms with Crippen molar-refractivity contribution in [2.45, 2.75) is 27.3 Å². The molecule has 0 radical (unpaired) electrons. The maximum Gasteiger partial charge on any atom is 0.119 e. The van der Waals surface area contributed by atoms with Crippen LogP contribution in [0.5, 0.6) is 5.75 Å². The molecular formula is C20H23N3O. The van der Waals surface area contributed by atoms with Gasteiger partial charge in [-0.15, -0.1) is 0 Å². The van der Waals surface area contributed by atoms with Crippen molar-refractivity contribution in [1.29, 1.82) is 0 Å². The molecule has 0 amide bonds. The van der Waals surface area contributed by atoms with E-state index in [0.29, 0.717) is 6.61 Å². The topological polar surface area (TPSA) is 39.1 Å². The van der Waals surface area contributed by atoms with Gasteiger partial charge >= 0.3 is 0 Å². The third kappa shape index (κ3) is 3.43. The van der Waals surface area contributed by atoms with E-state index in [1.807, 2.05) is 54.1 Å². The molecule has 1 heterocycles. The fourth-order valence-electron chi connectivity index (χ4n) is 2.78. The molecule has 0 aliphatic heterocycles. The number of ether oxygens (including phenoxy) is 1. The van der Waals surface area contributed by atoms with E-state index in [1.54, 1.807) is 0 Å². The molecule has 0 aliphatic rings. The van der Waals surface area contributed by atoms with Crippen molar-refractivity contribution in [3.63, 3.8) is 0 Å². The number of nitrogens with zero attached hydrogens (tertiary/aromatic N) is 2. The highest BCUT2D eigenvalue weighted by Crippen LogP contribution is 2.20. The lowest BCUT2D eigenvalue weighted by molar-refractivity contribution is 0.340. The third-order valence-corrected chi connectivity index (χ3v) is 4.08. The summed E-state index contributed by atoms with van der Waals surface area (Å²) >= 11 is 0. The van der Waals surface area contributed by atoms with Crippen LogP contribution >= 0.6 is 0 Å². The van der Waals surface area contributed by atoms with E-state index in [-0.39, 0.29) is 0 Å². The first-order valence-corrected chi connectivity index (χ1v) is 8.26. The van der Waals surface area contributed by atoms with Crippen LogP contribution in [0, 0.1) is 13.8 Å². The zero-order chi connectivity index (χ0) is 16.9. The Morgan fingerprint density at radius 1 is 1.00 bits per heavy atom. The van der Waals surface area contributed by atoms with E-state index in [9.17, 15) is 0 Å². The van der Waals surface area contributed by atoms with Crippen LogP contribution in [0.25, 0.3) is 5.69 Å². The number of hydrogen-bond acceptors (Lipinski definition) is 3. The molecule has 2 aromatic carbocycles. The van der Waals surface area contributed by atoms with Gasteiger partial charge in [0.15, 0.2) is 0 Å². The Kier molecular flexibility index (Phi) is 4.85. The molecule has 0 atom stereocenters. The van der Waals surface area contributed by atoms with Crippen LogP contribution in [-0.2, 0) is 6.54 Å². The molecule has 4 heteroatoms. The predicted octanol–water partition coefficient (Wildman–Crippen LogP) is 4.50. The van der Waals surface area contributed by atoms with Crippen LogP contribution in [0.3, 0.4) is 0 Å². The highest BCUT2D eigenvalue weighted by molar-refractivity contribution is 5.47. The molecule has 0 aliphatic carbocycles. The molecule has 0 bridgehead atoms. The summed E-state index contributed by atoms with van der Waals surface area (Å²) in [7, 11) is 0. The van der Waals surface area contributed by atoms with E-state index in [0.717, 1.165) is 35.1 Å². The molecular weight excluding hydrogens is 298 g/mol. The normalized spacial score (nSPS) is 10.6. The van der Waals surface area contributed by atoms with Crippen LogP contribution in [0.15, 0.2) is 54.6 Å². The van der Waals surface area contributed by atoms with Crippen molar-refractivity contribution in [3.8, 4) is 11.4 Å². The fraction of sp³-hybridized carbons (Fsp3) is 0.250.